The van der Waals surface area contributed by atoms with Crippen molar-refractivity contribution in [3.05, 3.63) is 0 Å². The molecule has 0 saturated heterocycles. The van der Waals surface area contributed by atoms with Gasteiger partial charge in [0.1, 0.15) is 0 Å². The predicted octanol–water partition coefficient (Wildman–Crippen LogP) is 0.285. The van der Waals surface area contributed by atoms with Gasteiger partial charge in [-0.3, -0.25) is 9.59 Å². The Morgan fingerprint density at radius 2 is 2.08 bits per heavy atom. The molecule has 76 valence electrons. The summed E-state index contributed by atoms with van der Waals surface area (Å²) in [5.41, 5.74) is 0. The van der Waals surface area contributed by atoms with Gasteiger partial charge in [0.25, 0.3) is 0 Å². The maximum Gasteiger partial charge on any atom is 0.220 e. The lowest BCUT2D eigenvalue weighted by Gasteiger charge is -2.06. The van der Waals surface area contributed by atoms with E-state index in [4.69, 9.17) is 0 Å². The van der Waals surface area contributed by atoms with Crippen LogP contribution in [0.5, 0.6) is 0 Å². The molecule has 4 nitrogen and oxygen atoms in total. The van der Waals surface area contributed by atoms with Gasteiger partial charge >= 0.3 is 0 Å². The highest BCUT2D eigenvalue weighted by molar-refractivity contribution is 5.75. The zero-order valence-electron chi connectivity index (χ0n) is 8.30. The standard InChI is InChI=1S/C9H18N2O2/c1-8(2)6-9(13)11-5-3-4-10-7-12/h7-8H,3-6H2,1-2H3,(H,10,12)(H,11,13). The smallest absolute Gasteiger partial charge is 0.220 e. The van der Waals surface area contributed by atoms with E-state index in [-0.39, 0.29) is 5.91 Å². The van der Waals surface area contributed by atoms with Crippen LogP contribution >= 0.6 is 0 Å². The van der Waals surface area contributed by atoms with E-state index in [1.54, 1.807) is 0 Å². The molecule has 0 atom stereocenters. The molecule has 0 unspecified atom stereocenters. The minimum Gasteiger partial charge on any atom is -0.359 e. The molecule has 0 fully saturated rings. The van der Waals surface area contributed by atoms with E-state index in [9.17, 15) is 9.59 Å². The molecule has 2 amide bonds. The molecule has 2 N–H and O–H groups in total. The third kappa shape index (κ3) is 8.85. The fraction of sp³-hybridized carbons (Fsp3) is 0.778. The summed E-state index contributed by atoms with van der Waals surface area (Å²) in [4.78, 5) is 20.9. The Balaban J connectivity index is 3.22. The Bertz CT molecular complexity index is 158. The van der Waals surface area contributed by atoms with Crippen molar-refractivity contribution in [3.8, 4) is 0 Å². The number of carbonyl (C=O) groups excluding carboxylic acids is 2. The Morgan fingerprint density at radius 3 is 2.62 bits per heavy atom. The van der Waals surface area contributed by atoms with Crippen molar-refractivity contribution < 1.29 is 9.59 Å². The van der Waals surface area contributed by atoms with E-state index >= 15 is 0 Å². The molecule has 0 aliphatic rings. The van der Waals surface area contributed by atoms with Gasteiger partial charge in [-0.1, -0.05) is 13.8 Å². The minimum atomic E-state index is 0.0844. The van der Waals surface area contributed by atoms with Crippen LogP contribution in [-0.4, -0.2) is 25.4 Å². The Labute approximate surface area is 79.1 Å². The lowest BCUT2D eigenvalue weighted by atomic mass is 10.1. The van der Waals surface area contributed by atoms with Gasteiger partial charge < -0.3 is 10.6 Å². The zero-order chi connectivity index (χ0) is 10.1. The largest absolute Gasteiger partial charge is 0.359 e. The van der Waals surface area contributed by atoms with Gasteiger partial charge in [-0.2, -0.15) is 0 Å². The highest BCUT2D eigenvalue weighted by atomic mass is 16.1. The molecule has 0 radical (unpaired) electrons. The maximum atomic E-state index is 11.1. The maximum absolute atomic E-state index is 11.1. The topological polar surface area (TPSA) is 58.2 Å². The monoisotopic (exact) mass is 186 g/mol. The first-order valence-electron chi connectivity index (χ1n) is 4.60. The first-order valence-corrected chi connectivity index (χ1v) is 4.60. The molecule has 0 saturated carbocycles. The molecule has 4 heteroatoms. The molecule has 0 heterocycles. The number of hydrogen-bond donors (Lipinski definition) is 2. The van der Waals surface area contributed by atoms with Crippen LogP contribution in [0.2, 0.25) is 0 Å². The molecule has 0 aromatic heterocycles. The van der Waals surface area contributed by atoms with Gasteiger partial charge in [0, 0.05) is 19.5 Å². The van der Waals surface area contributed by atoms with Crippen LogP contribution in [-0.2, 0) is 9.59 Å². The van der Waals surface area contributed by atoms with Crippen molar-refractivity contribution in [3.63, 3.8) is 0 Å². The second-order valence-electron chi connectivity index (χ2n) is 3.37. The van der Waals surface area contributed by atoms with E-state index < -0.39 is 0 Å². The van der Waals surface area contributed by atoms with Gasteiger partial charge in [0.15, 0.2) is 0 Å². The molecule has 13 heavy (non-hydrogen) atoms. The summed E-state index contributed by atoms with van der Waals surface area (Å²) in [6.07, 6.45) is 2.01. The van der Waals surface area contributed by atoms with Crippen LogP contribution in [0.15, 0.2) is 0 Å². The summed E-state index contributed by atoms with van der Waals surface area (Å²) in [7, 11) is 0. The van der Waals surface area contributed by atoms with E-state index in [2.05, 4.69) is 10.6 Å². The Kier molecular flexibility index (Phi) is 6.96. The summed E-state index contributed by atoms with van der Waals surface area (Å²) in [6.45, 7) is 5.26. The van der Waals surface area contributed by atoms with E-state index in [0.29, 0.717) is 31.8 Å². The summed E-state index contributed by atoms with van der Waals surface area (Å²) in [5.74, 6) is 0.481. The summed E-state index contributed by atoms with van der Waals surface area (Å²) >= 11 is 0. The van der Waals surface area contributed by atoms with Gasteiger partial charge in [0.2, 0.25) is 12.3 Å². The van der Waals surface area contributed by atoms with Crippen LogP contribution in [0, 0.1) is 5.92 Å². The van der Waals surface area contributed by atoms with Crippen molar-refractivity contribution in [2.45, 2.75) is 26.7 Å². The SMILES string of the molecule is CC(C)CC(=O)NCCCNC=O. The number of nitrogens with one attached hydrogen (secondary N) is 2. The number of amides is 2. The third-order valence-electron chi connectivity index (χ3n) is 1.50. The van der Waals surface area contributed by atoms with Crippen LogP contribution in [0.3, 0.4) is 0 Å². The average Bonchev–Trinajstić information content (AvgIpc) is 2.02. The van der Waals surface area contributed by atoms with E-state index in [1.165, 1.54) is 0 Å². The van der Waals surface area contributed by atoms with Crippen molar-refractivity contribution in [2.75, 3.05) is 13.1 Å². The molecule has 0 bridgehead atoms. The molecular formula is C9H18N2O2. The van der Waals surface area contributed by atoms with Crippen molar-refractivity contribution in [1.29, 1.82) is 0 Å². The van der Waals surface area contributed by atoms with Gasteiger partial charge in [-0.05, 0) is 12.3 Å². The molecule has 0 aliphatic heterocycles. The molecular weight excluding hydrogens is 168 g/mol. The predicted molar refractivity (Wildman–Crippen MR) is 51.1 cm³/mol. The van der Waals surface area contributed by atoms with E-state index in [0.717, 1.165) is 6.42 Å². The van der Waals surface area contributed by atoms with Crippen LogP contribution < -0.4 is 10.6 Å². The number of hydrogen-bond acceptors (Lipinski definition) is 2. The quantitative estimate of drug-likeness (QED) is 0.443. The lowest BCUT2D eigenvalue weighted by molar-refractivity contribution is -0.121. The normalized spacial score (nSPS) is 9.77. The van der Waals surface area contributed by atoms with Crippen LogP contribution in [0.4, 0.5) is 0 Å². The first-order chi connectivity index (χ1) is 6.16. The number of rotatable bonds is 7. The van der Waals surface area contributed by atoms with Crippen molar-refractivity contribution in [1.82, 2.24) is 10.6 Å². The molecule has 0 rings (SSSR count). The Morgan fingerprint density at radius 1 is 1.38 bits per heavy atom. The fourth-order valence-corrected chi connectivity index (χ4v) is 0.920. The van der Waals surface area contributed by atoms with Crippen molar-refractivity contribution >= 4 is 12.3 Å². The first kappa shape index (κ1) is 11.9. The van der Waals surface area contributed by atoms with Crippen molar-refractivity contribution in [2.24, 2.45) is 5.92 Å². The Hall–Kier alpha value is -1.06. The number of carbonyl (C=O) groups is 2. The summed E-state index contributed by atoms with van der Waals surface area (Å²) < 4.78 is 0. The second-order valence-corrected chi connectivity index (χ2v) is 3.37. The van der Waals surface area contributed by atoms with E-state index in [1.807, 2.05) is 13.8 Å². The van der Waals surface area contributed by atoms with Gasteiger partial charge in [0.05, 0.1) is 0 Å². The van der Waals surface area contributed by atoms with Crippen LogP contribution in [0.1, 0.15) is 26.7 Å². The highest BCUT2D eigenvalue weighted by Gasteiger charge is 2.02. The summed E-state index contributed by atoms with van der Waals surface area (Å²) in [5, 5.41) is 5.31. The van der Waals surface area contributed by atoms with Gasteiger partial charge in [-0.15, -0.1) is 0 Å². The minimum absolute atomic E-state index is 0.0844. The fourth-order valence-electron chi connectivity index (χ4n) is 0.920. The average molecular weight is 186 g/mol. The molecule has 0 spiro atoms. The van der Waals surface area contributed by atoms with Crippen LogP contribution in [0.25, 0.3) is 0 Å². The second kappa shape index (κ2) is 7.58. The van der Waals surface area contributed by atoms with Gasteiger partial charge in [-0.25, -0.2) is 0 Å². The lowest BCUT2D eigenvalue weighted by Crippen LogP contribution is -2.27. The zero-order valence-corrected chi connectivity index (χ0v) is 8.30. The summed E-state index contributed by atoms with van der Waals surface area (Å²) in [6, 6.07) is 0. The molecule has 0 aromatic carbocycles. The third-order valence-corrected chi connectivity index (χ3v) is 1.50. The molecule has 0 aliphatic carbocycles. The molecule has 0 aromatic rings. The highest BCUT2D eigenvalue weighted by Crippen LogP contribution is 1.97.